The highest BCUT2D eigenvalue weighted by atomic mass is 16.8. The fourth-order valence-corrected chi connectivity index (χ4v) is 2.35. The summed E-state index contributed by atoms with van der Waals surface area (Å²) in [4.78, 5) is 41.3. The molecule has 1 heterocycles. The molecule has 1 aliphatic heterocycles. The topological polar surface area (TPSA) is 91.4 Å². The summed E-state index contributed by atoms with van der Waals surface area (Å²) in [5, 5.41) is 1.05. The van der Waals surface area contributed by atoms with Crippen LogP contribution in [-0.4, -0.2) is 41.4 Å². The smallest absolute Gasteiger partial charge is 0.377 e. The number of benzene rings is 1. The highest BCUT2D eigenvalue weighted by Gasteiger charge is 2.38. The Morgan fingerprint density at radius 3 is 2.21 bits per heavy atom. The molecule has 0 saturated carbocycles. The molecule has 1 aromatic rings. The van der Waals surface area contributed by atoms with Gasteiger partial charge in [-0.25, -0.2) is 14.7 Å². The molecular weight excluding hydrogens is 366 g/mol. The molecule has 0 N–H and O–H groups in total. The Balaban J connectivity index is 2.05. The van der Waals surface area contributed by atoms with Crippen LogP contribution in [0.25, 0.3) is 0 Å². The molecule has 28 heavy (non-hydrogen) atoms. The maximum Gasteiger partial charge on any atom is 0.377 e. The molecule has 0 unspecified atom stereocenters. The van der Waals surface area contributed by atoms with Gasteiger partial charge in [-0.1, -0.05) is 12.1 Å². The SMILES string of the molecule is CON(Cc1ccc(C(=O)OC(C)(C)C)cc1)C(=O)/C=C1\OC(C)(C)OC1=O. The highest BCUT2D eigenvalue weighted by Crippen LogP contribution is 2.26. The zero-order chi connectivity index (χ0) is 21.1. The van der Waals surface area contributed by atoms with Crippen molar-refractivity contribution in [3.63, 3.8) is 0 Å². The van der Waals surface area contributed by atoms with Crippen LogP contribution >= 0.6 is 0 Å². The lowest BCUT2D eigenvalue weighted by molar-refractivity contribution is -0.173. The van der Waals surface area contributed by atoms with E-state index in [2.05, 4.69) is 0 Å². The molecular formula is C20H25NO7. The Labute approximate surface area is 163 Å². The Hall–Kier alpha value is -2.87. The molecule has 152 valence electrons. The molecule has 1 aromatic carbocycles. The summed E-state index contributed by atoms with van der Waals surface area (Å²) < 4.78 is 15.6. The molecule has 1 amide bonds. The summed E-state index contributed by atoms with van der Waals surface area (Å²) in [7, 11) is 1.34. The molecule has 1 aliphatic rings. The Bertz CT molecular complexity index is 788. The van der Waals surface area contributed by atoms with E-state index >= 15 is 0 Å². The standard InChI is InChI=1S/C20H25NO7/c1-19(2,3)27-17(23)14-9-7-13(8-10-14)12-21(25-6)16(22)11-15-18(24)28-20(4,5)26-15/h7-11H,12H2,1-6H3/b15-11-. The third-order valence-corrected chi connectivity index (χ3v) is 3.53. The first-order valence-corrected chi connectivity index (χ1v) is 8.72. The van der Waals surface area contributed by atoms with Crippen LogP contribution in [0, 0.1) is 0 Å². The van der Waals surface area contributed by atoms with Crippen molar-refractivity contribution in [3.8, 4) is 0 Å². The van der Waals surface area contributed by atoms with Gasteiger partial charge < -0.3 is 14.2 Å². The number of ether oxygens (including phenoxy) is 3. The molecule has 0 aliphatic carbocycles. The first kappa shape index (κ1) is 21.4. The van der Waals surface area contributed by atoms with Crippen molar-refractivity contribution in [2.24, 2.45) is 0 Å². The van der Waals surface area contributed by atoms with Crippen LogP contribution in [0.5, 0.6) is 0 Å². The van der Waals surface area contributed by atoms with E-state index in [0.29, 0.717) is 5.56 Å². The van der Waals surface area contributed by atoms with Gasteiger partial charge in [-0.05, 0) is 38.5 Å². The molecule has 2 rings (SSSR count). The van der Waals surface area contributed by atoms with E-state index in [9.17, 15) is 14.4 Å². The fourth-order valence-electron chi connectivity index (χ4n) is 2.35. The lowest BCUT2D eigenvalue weighted by Gasteiger charge is -2.20. The van der Waals surface area contributed by atoms with E-state index < -0.39 is 29.2 Å². The van der Waals surface area contributed by atoms with E-state index in [1.54, 1.807) is 58.9 Å². The lowest BCUT2D eigenvalue weighted by Crippen LogP contribution is -2.28. The van der Waals surface area contributed by atoms with Gasteiger partial charge in [-0.2, -0.15) is 0 Å². The normalized spacial score (nSPS) is 17.1. The number of esters is 2. The van der Waals surface area contributed by atoms with Crippen LogP contribution in [0.3, 0.4) is 0 Å². The zero-order valence-electron chi connectivity index (χ0n) is 16.9. The highest BCUT2D eigenvalue weighted by molar-refractivity contribution is 5.97. The van der Waals surface area contributed by atoms with Crippen molar-refractivity contribution in [1.82, 2.24) is 5.06 Å². The van der Waals surface area contributed by atoms with Gasteiger partial charge in [-0.3, -0.25) is 9.63 Å². The molecule has 0 radical (unpaired) electrons. The minimum Gasteiger partial charge on any atom is -0.456 e. The van der Waals surface area contributed by atoms with Gasteiger partial charge in [0.05, 0.1) is 25.3 Å². The summed E-state index contributed by atoms with van der Waals surface area (Å²) in [6.45, 7) is 8.61. The average Bonchev–Trinajstić information content (AvgIpc) is 2.83. The van der Waals surface area contributed by atoms with Gasteiger partial charge in [0.2, 0.25) is 11.5 Å². The summed E-state index contributed by atoms with van der Waals surface area (Å²) >= 11 is 0. The van der Waals surface area contributed by atoms with E-state index in [-0.39, 0.29) is 12.3 Å². The second-order valence-electron chi connectivity index (χ2n) is 7.66. The summed E-state index contributed by atoms with van der Waals surface area (Å²) in [6, 6.07) is 6.60. The van der Waals surface area contributed by atoms with E-state index in [4.69, 9.17) is 19.0 Å². The Morgan fingerprint density at radius 2 is 1.75 bits per heavy atom. The number of nitrogens with zero attached hydrogens (tertiary/aromatic N) is 1. The summed E-state index contributed by atoms with van der Waals surface area (Å²) in [5.41, 5.74) is 0.539. The third-order valence-electron chi connectivity index (χ3n) is 3.53. The number of amides is 1. The van der Waals surface area contributed by atoms with Gasteiger partial charge in [0.25, 0.3) is 5.91 Å². The number of carbonyl (C=O) groups excluding carboxylic acids is 3. The van der Waals surface area contributed by atoms with Crippen molar-refractivity contribution in [1.29, 1.82) is 0 Å². The van der Waals surface area contributed by atoms with Crippen LogP contribution in [0.1, 0.15) is 50.5 Å². The summed E-state index contributed by atoms with van der Waals surface area (Å²) in [6.07, 6.45) is 1.02. The van der Waals surface area contributed by atoms with Crippen LogP contribution in [0.15, 0.2) is 36.1 Å². The first-order valence-electron chi connectivity index (χ1n) is 8.72. The number of rotatable bonds is 5. The van der Waals surface area contributed by atoms with Crippen molar-refractivity contribution < 1.29 is 33.4 Å². The van der Waals surface area contributed by atoms with Gasteiger partial charge in [-0.15, -0.1) is 0 Å². The first-order chi connectivity index (χ1) is 12.9. The summed E-state index contributed by atoms with van der Waals surface area (Å²) in [5.74, 6) is -3.02. The number of carbonyl (C=O) groups is 3. The number of cyclic esters (lactones) is 1. The number of hydroxylamine groups is 2. The van der Waals surface area contributed by atoms with Gasteiger partial charge >= 0.3 is 11.9 Å². The predicted molar refractivity (Wildman–Crippen MR) is 98.5 cm³/mol. The Morgan fingerprint density at radius 1 is 1.14 bits per heavy atom. The quantitative estimate of drug-likeness (QED) is 0.433. The number of hydrogen-bond acceptors (Lipinski definition) is 7. The van der Waals surface area contributed by atoms with Gasteiger partial charge in [0, 0.05) is 13.8 Å². The average molecular weight is 391 g/mol. The Kier molecular flexibility index (Phi) is 6.14. The van der Waals surface area contributed by atoms with Crippen molar-refractivity contribution in [2.75, 3.05) is 7.11 Å². The maximum absolute atomic E-state index is 12.4. The largest absolute Gasteiger partial charge is 0.456 e. The minimum absolute atomic E-state index is 0.103. The van der Waals surface area contributed by atoms with Gasteiger partial charge in [0.1, 0.15) is 5.60 Å². The third kappa shape index (κ3) is 5.82. The van der Waals surface area contributed by atoms with Crippen molar-refractivity contribution in [3.05, 3.63) is 47.2 Å². The molecule has 0 atom stereocenters. The van der Waals surface area contributed by atoms with Crippen LogP contribution in [0.4, 0.5) is 0 Å². The van der Waals surface area contributed by atoms with E-state index in [0.717, 1.165) is 16.7 Å². The molecule has 8 nitrogen and oxygen atoms in total. The van der Waals surface area contributed by atoms with Crippen molar-refractivity contribution in [2.45, 2.75) is 52.6 Å². The van der Waals surface area contributed by atoms with Crippen LogP contribution in [0.2, 0.25) is 0 Å². The van der Waals surface area contributed by atoms with E-state index in [1.165, 1.54) is 7.11 Å². The van der Waals surface area contributed by atoms with E-state index in [1.807, 2.05) is 0 Å². The van der Waals surface area contributed by atoms with Gasteiger partial charge in [0.15, 0.2) is 0 Å². The predicted octanol–water partition coefficient (Wildman–Crippen LogP) is 2.73. The molecule has 1 saturated heterocycles. The lowest BCUT2D eigenvalue weighted by atomic mass is 10.1. The van der Waals surface area contributed by atoms with Crippen molar-refractivity contribution >= 4 is 17.8 Å². The fraction of sp³-hybridized carbons (Fsp3) is 0.450. The maximum atomic E-state index is 12.4. The van der Waals surface area contributed by atoms with Crippen LogP contribution < -0.4 is 0 Å². The molecule has 0 spiro atoms. The number of hydrogen-bond donors (Lipinski definition) is 0. The monoisotopic (exact) mass is 391 g/mol. The molecule has 0 aromatic heterocycles. The second kappa shape index (κ2) is 8.02. The van der Waals surface area contributed by atoms with Crippen LogP contribution in [-0.2, 0) is 35.2 Å². The molecule has 0 bridgehead atoms. The second-order valence-corrected chi connectivity index (χ2v) is 7.66. The minimum atomic E-state index is -1.11. The molecule has 8 heteroatoms. The molecule has 1 fully saturated rings. The zero-order valence-corrected chi connectivity index (χ0v) is 16.9.